The molecule has 138 valence electrons. The normalized spacial score (nSPS) is 14.7. The fraction of sp³-hybridized carbons (Fsp3) is 0.294. The average Bonchev–Trinajstić information content (AvgIpc) is 2.60. The molecule has 0 aromatic heterocycles. The van der Waals surface area contributed by atoms with Crippen molar-refractivity contribution in [3.63, 3.8) is 0 Å². The van der Waals surface area contributed by atoms with E-state index in [4.69, 9.17) is 9.47 Å². The van der Waals surface area contributed by atoms with Gasteiger partial charge in [0.05, 0.1) is 9.82 Å². The van der Waals surface area contributed by atoms with Crippen LogP contribution in [0.25, 0.3) is 0 Å². The van der Waals surface area contributed by atoms with Gasteiger partial charge in [0.2, 0.25) is 10.0 Å². The van der Waals surface area contributed by atoms with Crippen LogP contribution in [0, 0.1) is 17.0 Å². The maximum Gasteiger partial charge on any atom is 0.270 e. The number of ether oxygens (including phenoxy) is 2. The second-order valence-electron chi connectivity index (χ2n) is 5.95. The van der Waals surface area contributed by atoms with Crippen molar-refractivity contribution in [3.8, 4) is 11.5 Å². The molecule has 3 rings (SSSR count). The molecule has 9 heteroatoms. The van der Waals surface area contributed by atoms with Crippen LogP contribution >= 0.6 is 0 Å². The van der Waals surface area contributed by atoms with E-state index >= 15 is 0 Å². The van der Waals surface area contributed by atoms with Gasteiger partial charge in [0, 0.05) is 18.2 Å². The zero-order valence-corrected chi connectivity index (χ0v) is 15.1. The Morgan fingerprint density at radius 1 is 1.12 bits per heavy atom. The summed E-state index contributed by atoms with van der Waals surface area (Å²) < 4.78 is 38.9. The highest BCUT2D eigenvalue weighted by Crippen LogP contribution is 2.33. The van der Waals surface area contributed by atoms with Crippen molar-refractivity contribution in [1.82, 2.24) is 4.72 Å². The van der Waals surface area contributed by atoms with Gasteiger partial charge in [0.1, 0.15) is 13.2 Å². The van der Waals surface area contributed by atoms with Crippen molar-refractivity contribution < 1.29 is 22.8 Å². The molecule has 0 radical (unpaired) electrons. The lowest BCUT2D eigenvalue weighted by atomic mass is 10.1. The van der Waals surface area contributed by atoms with Crippen molar-refractivity contribution in [2.24, 2.45) is 0 Å². The Hall–Kier alpha value is -2.65. The molecule has 1 heterocycles. The molecule has 0 saturated heterocycles. The Morgan fingerprint density at radius 3 is 2.50 bits per heavy atom. The lowest BCUT2D eigenvalue weighted by molar-refractivity contribution is -0.385. The minimum Gasteiger partial charge on any atom is -0.486 e. The minimum absolute atomic E-state index is 0.115. The van der Waals surface area contributed by atoms with Crippen molar-refractivity contribution in [2.75, 3.05) is 13.2 Å². The number of nitro benzene ring substituents is 1. The molecule has 26 heavy (non-hydrogen) atoms. The lowest BCUT2D eigenvalue weighted by Crippen LogP contribution is -2.27. The van der Waals surface area contributed by atoms with Crippen LogP contribution in [0.4, 0.5) is 5.69 Å². The van der Waals surface area contributed by atoms with E-state index in [1.54, 1.807) is 32.0 Å². The predicted molar refractivity (Wildman–Crippen MR) is 94.0 cm³/mol. The second-order valence-corrected chi connectivity index (χ2v) is 7.64. The highest BCUT2D eigenvalue weighted by molar-refractivity contribution is 7.89. The van der Waals surface area contributed by atoms with Gasteiger partial charge in [0.15, 0.2) is 11.5 Å². The first-order valence-electron chi connectivity index (χ1n) is 7.95. The molecule has 0 amide bonds. The number of rotatable bonds is 5. The molecule has 1 aliphatic rings. The van der Waals surface area contributed by atoms with Gasteiger partial charge in [-0.15, -0.1) is 0 Å². The molecular formula is C17H18N2O6S. The van der Waals surface area contributed by atoms with E-state index in [1.165, 1.54) is 12.1 Å². The number of benzene rings is 2. The maximum atomic E-state index is 12.7. The topological polar surface area (TPSA) is 108 Å². The molecule has 0 fully saturated rings. The van der Waals surface area contributed by atoms with Crippen LogP contribution in [0.15, 0.2) is 41.3 Å². The van der Waals surface area contributed by atoms with E-state index in [0.29, 0.717) is 35.8 Å². The van der Waals surface area contributed by atoms with E-state index in [0.717, 1.165) is 6.07 Å². The number of sulfonamides is 1. The summed E-state index contributed by atoms with van der Waals surface area (Å²) in [5.74, 6) is 1.18. The van der Waals surface area contributed by atoms with Crippen LogP contribution in [0.5, 0.6) is 11.5 Å². The average molecular weight is 378 g/mol. The smallest absolute Gasteiger partial charge is 0.270 e. The van der Waals surface area contributed by atoms with Gasteiger partial charge >= 0.3 is 0 Å². The van der Waals surface area contributed by atoms with E-state index in [9.17, 15) is 18.5 Å². The zero-order chi connectivity index (χ0) is 18.9. The van der Waals surface area contributed by atoms with E-state index in [2.05, 4.69) is 4.72 Å². The van der Waals surface area contributed by atoms with Crippen LogP contribution in [0.3, 0.4) is 0 Å². The number of nitrogens with zero attached hydrogens (tertiary/aromatic N) is 1. The monoisotopic (exact) mass is 378 g/mol. The molecule has 8 nitrogen and oxygen atoms in total. The first-order chi connectivity index (χ1) is 12.3. The number of fused-ring (bicyclic) bond motifs is 1. The van der Waals surface area contributed by atoms with Gasteiger partial charge in [-0.05, 0) is 37.1 Å². The molecular weight excluding hydrogens is 360 g/mol. The fourth-order valence-corrected chi connectivity index (χ4v) is 4.18. The molecule has 0 saturated carbocycles. The molecule has 1 aliphatic heterocycles. The van der Waals surface area contributed by atoms with Crippen molar-refractivity contribution in [2.45, 2.75) is 24.8 Å². The highest BCUT2D eigenvalue weighted by Gasteiger charge is 2.24. The Morgan fingerprint density at radius 2 is 1.81 bits per heavy atom. The number of nitrogens with one attached hydrogen (secondary N) is 1. The van der Waals surface area contributed by atoms with Crippen LogP contribution in [-0.2, 0) is 10.0 Å². The molecule has 0 spiro atoms. The van der Waals surface area contributed by atoms with Crippen LogP contribution < -0.4 is 14.2 Å². The summed E-state index contributed by atoms with van der Waals surface area (Å²) in [6.45, 7) is 4.19. The van der Waals surface area contributed by atoms with E-state index < -0.39 is 21.0 Å². The predicted octanol–water partition coefficient (Wildman–Crippen LogP) is 2.71. The Bertz CT molecular complexity index is 958. The summed E-state index contributed by atoms with van der Waals surface area (Å²) in [6, 6.07) is 8.40. The van der Waals surface area contributed by atoms with Gasteiger partial charge < -0.3 is 9.47 Å². The highest BCUT2D eigenvalue weighted by atomic mass is 32.2. The Labute approximate surface area is 150 Å². The van der Waals surface area contributed by atoms with Gasteiger partial charge in [0.25, 0.3) is 5.69 Å². The second kappa shape index (κ2) is 6.93. The van der Waals surface area contributed by atoms with Gasteiger partial charge in [-0.3, -0.25) is 10.1 Å². The summed E-state index contributed by atoms with van der Waals surface area (Å²) in [5, 5.41) is 10.9. The summed E-state index contributed by atoms with van der Waals surface area (Å²) in [5.41, 5.74) is 0.848. The summed E-state index contributed by atoms with van der Waals surface area (Å²) in [7, 11) is -3.94. The summed E-state index contributed by atoms with van der Waals surface area (Å²) in [6.07, 6.45) is 0. The SMILES string of the molecule is Cc1ccc([N+](=O)[O-])cc1S(=O)(=O)NC(C)c1ccc2c(c1)OCCO2. The number of non-ortho nitro benzene ring substituents is 1. The third-order valence-electron chi connectivity index (χ3n) is 4.07. The summed E-state index contributed by atoms with van der Waals surface area (Å²) >= 11 is 0. The maximum absolute atomic E-state index is 12.7. The molecule has 2 aromatic carbocycles. The van der Waals surface area contributed by atoms with E-state index in [1.807, 2.05) is 0 Å². The van der Waals surface area contributed by atoms with Crippen LogP contribution in [0.1, 0.15) is 24.1 Å². The third kappa shape index (κ3) is 3.63. The van der Waals surface area contributed by atoms with Crippen molar-refractivity contribution in [3.05, 3.63) is 57.6 Å². The number of aryl methyl sites for hydroxylation is 1. The number of hydrogen-bond acceptors (Lipinski definition) is 6. The van der Waals surface area contributed by atoms with Gasteiger partial charge in [-0.1, -0.05) is 12.1 Å². The van der Waals surface area contributed by atoms with Crippen molar-refractivity contribution >= 4 is 15.7 Å². The molecule has 1 N–H and O–H groups in total. The minimum atomic E-state index is -3.94. The molecule has 1 atom stereocenters. The first kappa shape index (κ1) is 18.2. The van der Waals surface area contributed by atoms with Gasteiger partial charge in [-0.25, -0.2) is 13.1 Å². The third-order valence-corrected chi connectivity index (χ3v) is 5.75. The molecule has 0 bridgehead atoms. The van der Waals surface area contributed by atoms with Crippen LogP contribution in [0.2, 0.25) is 0 Å². The largest absolute Gasteiger partial charge is 0.486 e. The molecule has 0 aliphatic carbocycles. The zero-order valence-electron chi connectivity index (χ0n) is 14.3. The quantitative estimate of drug-likeness (QED) is 0.633. The number of hydrogen-bond donors (Lipinski definition) is 1. The Kier molecular flexibility index (Phi) is 4.84. The Balaban J connectivity index is 1.87. The standard InChI is InChI=1S/C17H18N2O6S/c1-11-3-5-14(19(20)21)10-17(11)26(22,23)18-12(2)13-4-6-15-16(9-13)25-8-7-24-15/h3-6,9-10,12,18H,7-8H2,1-2H3. The van der Waals surface area contributed by atoms with Gasteiger partial charge in [-0.2, -0.15) is 0 Å². The van der Waals surface area contributed by atoms with Crippen molar-refractivity contribution in [1.29, 1.82) is 0 Å². The summed E-state index contributed by atoms with van der Waals surface area (Å²) in [4.78, 5) is 10.2. The number of nitro groups is 1. The molecule has 1 unspecified atom stereocenters. The molecule has 2 aromatic rings. The first-order valence-corrected chi connectivity index (χ1v) is 9.43. The lowest BCUT2D eigenvalue weighted by Gasteiger charge is -2.21. The fourth-order valence-electron chi connectivity index (χ4n) is 2.69. The van der Waals surface area contributed by atoms with E-state index in [-0.39, 0.29) is 10.6 Å². The van der Waals surface area contributed by atoms with Crippen LogP contribution in [-0.4, -0.2) is 26.6 Å².